The number of likely N-dealkylation sites (N-methyl/N-ethyl adjacent to an activating group) is 1. The van der Waals surface area contributed by atoms with Gasteiger partial charge in [-0.15, -0.1) is 0 Å². The molecule has 0 saturated carbocycles. The second-order valence-corrected chi connectivity index (χ2v) is 5.15. The van der Waals surface area contributed by atoms with Crippen LogP contribution < -0.4 is 5.73 Å². The molecular formula is C10H14N4O2S. The molecule has 2 N–H and O–H groups in total. The van der Waals surface area contributed by atoms with Gasteiger partial charge in [-0.3, -0.25) is 0 Å². The smallest absolute Gasteiger partial charge is 0.246 e. The molecule has 0 spiro atoms. The molecule has 0 fully saturated rings. The van der Waals surface area contributed by atoms with Gasteiger partial charge in [0.05, 0.1) is 0 Å². The van der Waals surface area contributed by atoms with Crippen LogP contribution in [0.15, 0.2) is 23.2 Å². The van der Waals surface area contributed by atoms with Gasteiger partial charge in [-0.2, -0.15) is 9.57 Å². The number of nitrogens with two attached hydrogens (primary N) is 1. The zero-order chi connectivity index (χ0) is 12.9. The number of rotatable bonds is 5. The van der Waals surface area contributed by atoms with E-state index in [-0.39, 0.29) is 23.7 Å². The largest absolute Gasteiger partial charge is 0.329 e. The van der Waals surface area contributed by atoms with Gasteiger partial charge in [0.2, 0.25) is 10.0 Å². The number of hydrogen-bond donors (Lipinski definition) is 1. The Morgan fingerprint density at radius 1 is 1.59 bits per heavy atom. The van der Waals surface area contributed by atoms with Crippen molar-refractivity contribution < 1.29 is 8.42 Å². The van der Waals surface area contributed by atoms with Crippen LogP contribution in [0.25, 0.3) is 0 Å². The molecule has 7 heteroatoms. The van der Waals surface area contributed by atoms with Crippen molar-refractivity contribution in [3.8, 4) is 6.07 Å². The fourth-order valence-electron chi connectivity index (χ4n) is 1.41. The monoisotopic (exact) mass is 254 g/mol. The summed E-state index contributed by atoms with van der Waals surface area (Å²) < 4.78 is 25.7. The summed E-state index contributed by atoms with van der Waals surface area (Å²) in [5.41, 5.74) is 5.27. The van der Waals surface area contributed by atoms with E-state index in [0.717, 1.165) is 0 Å². The Hall–Kier alpha value is -1.49. The van der Waals surface area contributed by atoms with Crippen LogP contribution >= 0.6 is 0 Å². The third-order valence-corrected chi connectivity index (χ3v) is 4.23. The molecule has 1 heterocycles. The molecule has 0 saturated heterocycles. The van der Waals surface area contributed by atoms with E-state index in [1.54, 1.807) is 13.0 Å². The van der Waals surface area contributed by atoms with Crippen molar-refractivity contribution in [3.05, 3.63) is 24.0 Å². The fourth-order valence-corrected chi connectivity index (χ4v) is 2.97. The lowest BCUT2D eigenvalue weighted by Gasteiger charge is -2.19. The number of pyridine rings is 1. The summed E-state index contributed by atoms with van der Waals surface area (Å²) >= 11 is 0. The highest BCUT2D eigenvalue weighted by molar-refractivity contribution is 7.89. The lowest BCUT2D eigenvalue weighted by molar-refractivity contribution is 0.435. The van der Waals surface area contributed by atoms with Crippen LogP contribution in [0.4, 0.5) is 0 Å². The predicted octanol–water partition coefficient (Wildman–Crippen LogP) is -0.0774. The van der Waals surface area contributed by atoms with Crippen LogP contribution in [0.5, 0.6) is 0 Å². The molecule has 0 bridgehead atoms. The van der Waals surface area contributed by atoms with E-state index in [0.29, 0.717) is 6.54 Å². The minimum Gasteiger partial charge on any atom is -0.329 e. The van der Waals surface area contributed by atoms with Crippen molar-refractivity contribution in [3.63, 3.8) is 0 Å². The average Bonchev–Trinajstić information content (AvgIpc) is 2.35. The summed E-state index contributed by atoms with van der Waals surface area (Å²) in [6.07, 6.45) is 1.39. The van der Waals surface area contributed by atoms with Gasteiger partial charge in [0.25, 0.3) is 0 Å². The summed E-state index contributed by atoms with van der Waals surface area (Å²) in [5.74, 6) is 0. The van der Waals surface area contributed by atoms with Gasteiger partial charge >= 0.3 is 0 Å². The first-order valence-corrected chi connectivity index (χ1v) is 6.57. The van der Waals surface area contributed by atoms with Gasteiger partial charge in [0.1, 0.15) is 11.0 Å². The molecule has 0 radical (unpaired) electrons. The number of aromatic nitrogens is 1. The third-order valence-electron chi connectivity index (χ3n) is 2.23. The van der Waals surface area contributed by atoms with Crippen LogP contribution in [-0.2, 0) is 10.0 Å². The average molecular weight is 254 g/mol. The minimum absolute atomic E-state index is 0.0715. The van der Waals surface area contributed by atoms with E-state index < -0.39 is 10.0 Å². The van der Waals surface area contributed by atoms with Gasteiger partial charge in [-0.25, -0.2) is 13.4 Å². The van der Waals surface area contributed by atoms with Gasteiger partial charge in [0.15, 0.2) is 5.69 Å². The van der Waals surface area contributed by atoms with Gasteiger partial charge in [0, 0.05) is 25.8 Å². The summed E-state index contributed by atoms with van der Waals surface area (Å²) in [5, 5.41) is 8.85. The molecule has 92 valence electrons. The Kier molecular flexibility index (Phi) is 4.57. The standard InChI is InChI=1S/C10H14N4O2S/c1-2-14(7-5-11)17(15,16)10-4-3-6-13-9(10)8-12/h3-4,6H,2,5,7,11H2,1H3. The van der Waals surface area contributed by atoms with E-state index in [9.17, 15) is 8.42 Å². The SMILES string of the molecule is CCN(CCN)S(=O)(=O)c1cccnc1C#N. The molecule has 1 aromatic rings. The molecule has 0 atom stereocenters. The normalized spacial score (nSPS) is 11.4. The quantitative estimate of drug-likeness (QED) is 0.792. The predicted molar refractivity (Wildman–Crippen MR) is 62.4 cm³/mol. The second kappa shape index (κ2) is 5.72. The van der Waals surface area contributed by atoms with E-state index in [1.165, 1.54) is 22.6 Å². The van der Waals surface area contributed by atoms with Gasteiger partial charge in [-0.1, -0.05) is 6.92 Å². The zero-order valence-corrected chi connectivity index (χ0v) is 10.3. The molecule has 6 nitrogen and oxygen atoms in total. The molecule has 0 aromatic carbocycles. The number of nitriles is 1. The third kappa shape index (κ3) is 2.79. The van der Waals surface area contributed by atoms with Gasteiger partial charge in [-0.05, 0) is 12.1 Å². The Labute approximate surface area is 101 Å². The Morgan fingerprint density at radius 2 is 2.29 bits per heavy atom. The molecule has 0 amide bonds. The van der Waals surface area contributed by atoms with Crippen molar-refractivity contribution >= 4 is 10.0 Å². The van der Waals surface area contributed by atoms with Crippen LogP contribution in [0.1, 0.15) is 12.6 Å². The van der Waals surface area contributed by atoms with E-state index in [4.69, 9.17) is 11.0 Å². The molecular weight excluding hydrogens is 240 g/mol. The molecule has 0 unspecified atom stereocenters. The molecule has 1 aromatic heterocycles. The minimum atomic E-state index is -3.69. The first kappa shape index (κ1) is 13.6. The molecule has 0 aliphatic heterocycles. The van der Waals surface area contributed by atoms with Crippen molar-refractivity contribution in [2.45, 2.75) is 11.8 Å². The second-order valence-electron chi connectivity index (χ2n) is 3.25. The van der Waals surface area contributed by atoms with Crippen LogP contribution in [-0.4, -0.2) is 37.3 Å². The Morgan fingerprint density at radius 3 is 2.82 bits per heavy atom. The van der Waals surface area contributed by atoms with Crippen molar-refractivity contribution in [1.82, 2.24) is 9.29 Å². The van der Waals surface area contributed by atoms with E-state index >= 15 is 0 Å². The van der Waals surface area contributed by atoms with E-state index in [2.05, 4.69) is 4.98 Å². The summed E-state index contributed by atoms with van der Waals surface area (Å²) in [6.45, 7) is 2.47. The first-order valence-electron chi connectivity index (χ1n) is 5.13. The molecule has 0 aliphatic carbocycles. The van der Waals surface area contributed by atoms with Gasteiger partial charge < -0.3 is 5.73 Å². The number of hydrogen-bond acceptors (Lipinski definition) is 5. The lowest BCUT2D eigenvalue weighted by atomic mass is 10.4. The van der Waals surface area contributed by atoms with Crippen LogP contribution in [0.2, 0.25) is 0 Å². The maximum atomic E-state index is 12.2. The zero-order valence-electron chi connectivity index (χ0n) is 9.50. The fraction of sp³-hybridized carbons (Fsp3) is 0.400. The molecule has 0 aliphatic rings. The van der Waals surface area contributed by atoms with Crippen LogP contribution in [0.3, 0.4) is 0 Å². The highest BCUT2D eigenvalue weighted by Crippen LogP contribution is 2.17. The van der Waals surface area contributed by atoms with Crippen LogP contribution in [0, 0.1) is 11.3 Å². The number of nitrogens with zero attached hydrogens (tertiary/aromatic N) is 3. The Bertz CT molecular complexity index is 521. The summed E-state index contributed by atoms with van der Waals surface area (Å²) in [7, 11) is -3.69. The maximum Gasteiger partial charge on any atom is 0.246 e. The maximum absolute atomic E-state index is 12.2. The van der Waals surface area contributed by atoms with Crippen molar-refractivity contribution in [2.24, 2.45) is 5.73 Å². The summed E-state index contributed by atoms with van der Waals surface area (Å²) in [6, 6.07) is 4.64. The summed E-state index contributed by atoms with van der Waals surface area (Å²) in [4.78, 5) is 3.67. The van der Waals surface area contributed by atoms with Crippen molar-refractivity contribution in [1.29, 1.82) is 5.26 Å². The van der Waals surface area contributed by atoms with Crippen molar-refractivity contribution in [2.75, 3.05) is 19.6 Å². The topological polar surface area (TPSA) is 100 Å². The first-order chi connectivity index (χ1) is 8.07. The molecule has 1 rings (SSSR count). The lowest BCUT2D eigenvalue weighted by Crippen LogP contribution is -2.35. The molecule has 17 heavy (non-hydrogen) atoms. The Balaban J connectivity index is 3.26. The highest BCUT2D eigenvalue weighted by atomic mass is 32.2. The number of sulfonamides is 1. The highest BCUT2D eigenvalue weighted by Gasteiger charge is 2.25. The van der Waals surface area contributed by atoms with E-state index in [1.807, 2.05) is 0 Å².